The summed E-state index contributed by atoms with van der Waals surface area (Å²) in [7, 11) is 0. The second kappa shape index (κ2) is 7.87. The number of esters is 1. The third-order valence-electron chi connectivity index (χ3n) is 5.15. The van der Waals surface area contributed by atoms with E-state index in [1.54, 1.807) is 12.1 Å². The number of ether oxygens (including phenoxy) is 1. The summed E-state index contributed by atoms with van der Waals surface area (Å²) in [6.07, 6.45) is 4.95. The number of allylic oxidation sites excluding steroid dienone is 2. The number of likely N-dealkylation sites (tertiary alicyclic amines) is 1. The number of halogens is 1. The third kappa shape index (κ3) is 3.73. The topological polar surface area (TPSA) is 63.7 Å². The molecule has 6 heteroatoms. The lowest BCUT2D eigenvalue weighted by atomic mass is 9.85. The van der Waals surface area contributed by atoms with Crippen molar-refractivity contribution in [2.24, 2.45) is 11.8 Å². The van der Waals surface area contributed by atoms with Crippen molar-refractivity contribution in [2.75, 3.05) is 6.54 Å². The zero-order chi connectivity index (χ0) is 19.7. The van der Waals surface area contributed by atoms with Gasteiger partial charge in [-0.05, 0) is 70.8 Å². The fourth-order valence-electron chi connectivity index (χ4n) is 3.68. The zero-order valence-corrected chi connectivity index (χ0v) is 17.2. The molecule has 2 atom stereocenters. The first kappa shape index (κ1) is 18.9. The van der Waals surface area contributed by atoms with E-state index < -0.39 is 5.97 Å². The van der Waals surface area contributed by atoms with E-state index in [0.29, 0.717) is 18.6 Å². The van der Waals surface area contributed by atoms with Crippen LogP contribution < -0.4 is 4.74 Å². The highest BCUT2D eigenvalue weighted by Gasteiger charge is 2.47. The summed E-state index contributed by atoms with van der Waals surface area (Å²) in [5.74, 6) is -1.44. The molecule has 4 rings (SSSR count). The van der Waals surface area contributed by atoms with E-state index in [0.717, 1.165) is 19.6 Å². The van der Waals surface area contributed by atoms with E-state index in [1.807, 2.05) is 48.6 Å². The van der Waals surface area contributed by atoms with Gasteiger partial charge in [0.2, 0.25) is 11.8 Å². The van der Waals surface area contributed by atoms with Crippen LogP contribution in [0.2, 0.25) is 0 Å². The molecule has 1 saturated heterocycles. The molecule has 0 bridgehead atoms. The molecule has 0 aromatic heterocycles. The molecule has 1 fully saturated rings. The zero-order valence-electron chi connectivity index (χ0n) is 15.0. The van der Waals surface area contributed by atoms with Crippen molar-refractivity contribution >= 4 is 40.4 Å². The molecular weight excluding hydrogens is 469 g/mol. The first-order chi connectivity index (χ1) is 13.5. The number of hydrogen-bond acceptors (Lipinski definition) is 4. The highest BCUT2D eigenvalue weighted by Crippen LogP contribution is 2.35. The Labute approximate surface area is 176 Å². The number of nitrogens with zero attached hydrogens (tertiary/aromatic N) is 1. The number of carbonyl (C=O) groups is 3. The van der Waals surface area contributed by atoms with Crippen LogP contribution in [0.25, 0.3) is 11.1 Å². The van der Waals surface area contributed by atoms with Crippen molar-refractivity contribution in [2.45, 2.75) is 12.8 Å². The summed E-state index contributed by atoms with van der Waals surface area (Å²) in [5.41, 5.74) is 2.08. The molecule has 0 radical (unpaired) electrons. The summed E-state index contributed by atoms with van der Waals surface area (Å²) in [6, 6.07) is 15.3. The summed E-state index contributed by atoms with van der Waals surface area (Å²) in [4.78, 5) is 38.2. The van der Waals surface area contributed by atoms with E-state index in [-0.39, 0.29) is 30.2 Å². The number of rotatable bonds is 4. The normalized spacial score (nSPS) is 21.0. The molecule has 2 aromatic rings. The van der Waals surface area contributed by atoms with Crippen LogP contribution in [0.4, 0.5) is 0 Å². The lowest BCUT2D eigenvalue weighted by molar-refractivity contribution is -0.148. The monoisotopic (exact) mass is 487 g/mol. The first-order valence-electron chi connectivity index (χ1n) is 9.10. The average molecular weight is 487 g/mol. The molecule has 142 valence electrons. The Balaban J connectivity index is 1.39. The van der Waals surface area contributed by atoms with Gasteiger partial charge in [0, 0.05) is 3.57 Å². The van der Waals surface area contributed by atoms with Crippen LogP contribution in [0, 0.1) is 15.4 Å². The SMILES string of the molecule is O=C(CN1C(=O)C2CC=CCC2C1=O)Oc1ccc(-c2ccc(I)cc2)cc1. The first-order valence-corrected chi connectivity index (χ1v) is 10.2. The Morgan fingerprint density at radius 3 is 1.93 bits per heavy atom. The van der Waals surface area contributed by atoms with Crippen molar-refractivity contribution < 1.29 is 19.1 Å². The van der Waals surface area contributed by atoms with E-state index >= 15 is 0 Å². The predicted molar refractivity (Wildman–Crippen MR) is 112 cm³/mol. The van der Waals surface area contributed by atoms with Gasteiger partial charge in [-0.15, -0.1) is 0 Å². The van der Waals surface area contributed by atoms with E-state index in [4.69, 9.17) is 4.74 Å². The summed E-state index contributed by atoms with van der Waals surface area (Å²) < 4.78 is 6.50. The minimum Gasteiger partial charge on any atom is -0.425 e. The summed E-state index contributed by atoms with van der Waals surface area (Å²) >= 11 is 2.25. The second-order valence-corrected chi connectivity index (χ2v) is 8.17. The number of fused-ring (bicyclic) bond motifs is 1. The number of carbonyl (C=O) groups excluding carboxylic acids is 3. The second-order valence-electron chi connectivity index (χ2n) is 6.92. The molecule has 5 nitrogen and oxygen atoms in total. The maximum absolute atomic E-state index is 12.4. The van der Waals surface area contributed by atoms with Gasteiger partial charge in [0.15, 0.2) is 0 Å². The van der Waals surface area contributed by atoms with Gasteiger partial charge in [0.1, 0.15) is 12.3 Å². The van der Waals surface area contributed by atoms with Crippen LogP contribution in [0.15, 0.2) is 60.7 Å². The van der Waals surface area contributed by atoms with Crippen LogP contribution in [-0.4, -0.2) is 29.2 Å². The summed E-state index contributed by atoms with van der Waals surface area (Å²) in [6.45, 7) is -0.344. The predicted octanol–water partition coefficient (Wildman–Crippen LogP) is 3.81. The van der Waals surface area contributed by atoms with Crippen molar-refractivity contribution in [3.8, 4) is 16.9 Å². The highest BCUT2D eigenvalue weighted by molar-refractivity contribution is 14.1. The van der Waals surface area contributed by atoms with Gasteiger partial charge in [-0.1, -0.05) is 36.4 Å². The molecular formula is C22H18INO4. The molecule has 2 aromatic carbocycles. The number of benzene rings is 2. The van der Waals surface area contributed by atoms with Crippen molar-refractivity contribution in [1.82, 2.24) is 4.90 Å². The molecule has 0 saturated carbocycles. The number of amides is 2. The molecule has 1 aliphatic heterocycles. The fraction of sp³-hybridized carbons (Fsp3) is 0.227. The van der Waals surface area contributed by atoms with Gasteiger partial charge < -0.3 is 4.74 Å². The Morgan fingerprint density at radius 1 is 0.893 bits per heavy atom. The van der Waals surface area contributed by atoms with Crippen LogP contribution in [0.3, 0.4) is 0 Å². The molecule has 28 heavy (non-hydrogen) atoms. The number of hydrogen-bond donors (Lipinski definition) is 0. The highest BCUT2D eigenvalue weighted by atomic mass is 127. The van der Waals surface area contributed by atoms with Gasteiger partial charge in [-0.3, -0.25) is 14.5 Å². The van der Waals surface area contributed by atoms with Crippen molar-refractivity contribution in [1.29, 1.82) is 0 Å². The Hall–Kier alpha value is -2.48. The van der Waals surface area contributed by atoms with Crippen LogP contribution in [0.1, 0.15) is 12.8 Å². The molecule has 0 N–H and O–H groups in total. The quantitative estimate of drug-likeness (QED) is 0.216. The maximum atomic E-state index is 12.4. The van der Waals surface area contributed by atoms with Crippen LogP contribution >= 0.6 is 22.6 Å². The average Bonchev–Trinajstić information content (AvgIpc) is 2.94. The fourth-order valence-corrected chi connectivity index (χ4v) is 4.03. The van der Waals surface area contributed by atoms with E-state index in [2.05, 4.69) is 22.6 Å². The third-order valence-corrected chi connectivity index (χ3v) is 5.87. The molecule has 2 amide bonds. The molecule has 2 aliphatic rings. The summed E-state index contributed by atoms with van der Waals surface area (Å²) in [5, 5.41) is 0. The van der Waals surface area contributed by atoms with Gasteiger partial charge in [-0.2, -0.15) is 0 Å². The van der Waals surface area contributed by atoms with Gasteiger partial charge in [0.05, 0.1) is 11.8 Å². The van der Waals surface area contributed by atoms with Crippen LogP contribution in [-0.2, 0) is 14.4 Å². The molecule has 0 spiro atoms. The van der Waals surface area contributed by atoms with E-state index in [1.165, 1.54) is 0 Å². The minimum absolute atomic E-state index is 0.273. The van der Waals surface area contributed by atoms with Gasteiger partial charge in [-0.25, -0.2) is 4.79 Å². The van der Waals surface area contributed by atoms with Gasteiger partial charge >= 0.3 is 5.97 Å². The number of imide groups is 1. The molecule has 1 heterocycles. The largest absolute Gasteiger partial charge is 0.425 e. The van der Waals surface area contributed by atoms with Gasteiger partial charge in [0.25, 0.3) is 0 Å². The lowest BCUT2D eigenvalue weighted by Gasteiger charge is -2.14. The standard InChI is InChI=1S/C22H18INO4/c23-16-9-5-14(6-10-16)15-7-11-17(12-8-15)28-20(25)13-24-21(26)18-3-1-2-4-19(18)22(24)27/h1-2,5-12,18-19H,3-4,13H2. The smallest absolute Gasteiger partial charge is 0.331 e. The van der Waals surface area contributed by atoms with E-state index in [9.17, 15) is 14.4 Å². The molecule has 2 unspecified atom stereocenters. The minimum atomic E-state index is -0.615. The Kier molecular flexibility index (Phi) is 5.30. The Bertz CT molecular complexity index is 924. The maximum Gasteiger partial charge on any atom is 0.331 e. The lowest BCUT2D eigenvalue weighted by Crippen LogP contribution is -2.37. The van der Waals surface area contributed by atoms with Crippen molar-refractivity contribution in [3.05, 3.63) is 64.3 Å². The molecule has 1 aliphatic carbocycles. The van der Waals surface area contributed by atoms with Crippen LogP contribution in [0.5, 0.6) is 5.75 Å². The Morgan fingerprint density at radius 2 is 1.39 bits per heavy atom. The van der Waals surface area contributed by atoms with Crippen molar-refractivity contribution in [3.63, 3.8) is 0 Å².